The Morgan fingerprint density at radius 1 is 1.22 bits per heavy atom. The maximum Gasteiger partial charge on any atom is 0.0746 e. The van der Waals surface area contributed by atoms with Crippen molar-refractivity contribution in [1.29, 1.82) is 0 Å². The molecule has 2 unspecified atom stereocenters. The van der Waals surface area contributed by atoms with Gasteiger partial charge >= 0.3 is 0 Å². The van der Waals surface area contributed by atoms with Gasteiger partial charge in [-0.1, -0.05) is 56.4 Å². The molecule has 1 aromatic rings. The van der Waals surface area contributed by atoms with Gasteiger partial charge in [-0.2, -0.15) is 0 Å². The Kier molecular flexibility index (Phi) is 5.76. The summed E-state index contributed by atoms with van der Waals surface area (Å²) in [7, 11) is 2.15. The zero-order chi connectivity index (χ0) is 13.7. The zero-order valence-electron chi connectivity index (χ0n) is 11.8. The third-order valence-electron chi connectivity index (χ3n) is 3.68. The van der Waals surface area contributed by atoms with Crippen molar-refractivity contribution in [3.05, 3.63) is 35.9 Å². The molecule has 0 aromatic heterocycles. The second-order valence-corrected chi connectivity index (χ2v) is 5.77. The molecule has 0 bridgehead atoms. The van der Waals surface area contributed by atoms with Gasteiger partial charge in [0, 0.05) is 18.5 Å². The van der Waals surface area contributed by atoms with Crippen LogP contribution in [0.15, 0.2) is 30.3 Å². The first-order valence-electron chi connectivity index (χ1n) is 6.48. The molecule has 100 valence electrons. The van der Waals surface area contributed by atoms with Crippen molar-refractivity contribution in [1.82, 2.24) is 4.90 Å². The van der Waals surface area contributed by atoms with Crippen molar-refractivity contribution in [3.63, 3.8) is 0 Å². The van der Waals surface area contributed by atoms with E-state index in [-0.39, 0.29) is 6.04 Å². The fourth-order valence-corrected chi connectivity index (χ4v) is 2.27. The molecule has 3 heteroatoms. The van der Waals surface area contributed by atoms with Gasteiger partial charge in [-0.15, -0.1) is 0 Å². The molecular formula is C15H24N2S. The summed E-state index contributed by atoms with van der Waals surface area (Å²) in [5.41, 5.74) is 7.03. The number of nitrogens with two attached hydrogens (primary N) is 1. The SMILES string of the molecule is CC(C)C(C)N(C)C(CC(N)=S)c1ccccc1. The van der Waals surface area contributed by atoms with Gasteiger partial charge in [-0.25, -0.2) is 0 Å². The Morgan fingerprint density at radius 3 is 2.22 bits per heavy atom. The quantitative estimate of drug-likeness (QED) is 0.799. The van der Waals surface area contributed by atoms with E-state index in [0.717, 1.165) is 6.42 Å². The molecule has 0 aliphatic heterocycles. The van der Waals surface area contributed by atoms with E-state index in [2.05, 4.69) is 57.0 Å². The van der Waals surface area contributed by atoms with Crippen LogP contribution in [0.4, 0.5) is 0 Å². The van der Waals surface area contributed by atoms with Crippen LogP contribution in [-0.2, 0) is 0 Å². The lowest BCUT2D eigenvalue weighted by atomic mass is 9.97. The van der Waals surface area contributed by atoms with Gasteiger partial charge in [0.15, 0.2) is 0 Å². The predicted octanol–water partition coefficient (Wildman–Crippen LogP) is 3.38. The average molecular weight is 264 g/mol. The lowest BCUT2D eigenvalue weighted by molar-refractivity contribution is 0.151. The number of hydrogen-bond donors (Lipinski definition) is 1. The fourth-order valence-electron chi connectivity index (χ4n) is 2.12. The lowest BCUT2D eigenvalue weighted by Crippen LogP contribution is -2.38. The predicted molar refractivity (Wildman–Crippen MR) is 82.6 cm³/mol. The molecule has 18 heavy (non-hydrogen) atoms. The molecule has 0 fully saturated rings. The molecule has 0 heterocycles. The third-order valence-corrected chi connectivity index (χ3v) is 3.84. The summed E-state index contributed by atoms with van der Waals surface area (Å²) in [6, 6.07) is 11.2. The van der Waals surface area contributed by atoms with E-state index in [1.54, 1.807) is 0 Å². The van der Waals surface area contributed by atoms with Crippen molar-refractivity contribution in [2.45, 2.75) is 39.3 Å². The van der Waals surface area contributed by atoms with Crippen LogP contribution in [0.5, 0.6) is 0 Å². The molecule has 2 nitrogen and oxygen atoms in total. The van der Waals surface area contributed by atoms with Crippen LogP contribution in [0.1, 0.15) is 38.8 Å². The fraction of sp³-hybridized carbons (Fsp3) is 0.533. The smallest absolute Gasteiger partial charge is 0.0746 e. The maximum absolute atomic E-state index is 5.75. The first-order chi connectivity index (χ1) is 8.43. The topological polar surface area (TPSA) is 29.3 Å². The Morgan fingerprint density at radius 2 is 1.78 bits per heavy atom. The summed E-state index contributed by atoms with van der Waals surface area (Å²) in [6.07, 6.45) is 0.729. The van der Waals surface area contributed by atoms with Crippen LogP contribution < -0.4 is 5.73 Å². The third kappa shape index (κ3) is 4.07. The Balaban J connectivity index is 2.95. The van der Waals surface area contributed by atoms with Crippen molar-refractivity contribution in [2.24, 2.45) is 11.7 Å². The van der Waals surface area contributed by atoms with Gasteiger partial charge in [-0.3, -0.25) is 4.90 Å². The molecule has 1 aromatic carbocycles. The Labute approximate surface area is 116 Å². The van der Waals surface area contributed by atoms with Crippen LogP contribution in [0.3, 0.4) is 0 Å². The number of rotatable bonds is 6. The summed E-state index contributed by atoms with van der Waals surface area (Å²) in [5.74, 6) is 0.604. The average Bonchev–Trinajstić information content (AvgIpc) is 2.35. The summed E-state index contributed by atoms with van der Waals surface area (Å²) in [5, 5.41) is 0. The molecule has 2 atom stereocenters. The molecule has 0 saturated carbocycles. The van der Waals surface area contributed by atoms with Gasteiger partial charge in [0.2, 0.25) is 0 Å². The summed E-state index contributed by atoms with van der Waals surface area (Å²) >= 11 is 5.09. The molecule has 0 amide bonds. The normalized spacial score (nSPS) is 14.8. The number of nitrogens with zero attached hydrogens (tertiary/aromatic N) is 1. The molecule has 0 radical (unpaired) electrons. The molecule has 0 aliphatic rings. The zero-order valence-corrected chi connectivity index (χ0v) is 12.6. The highest BCUT2D eigenvalue weighted by Crippen LogP contribution is 2.26. The van der Waals surface area contributed by atoms with E-state index in [1.807, 2.05) is 6.07 Å². The highest BCUT2D eigenvalue weighted by atomic mass is 32.1. The highest BCUT2D eigenvalue weighted by Gasteiger charge is 2.23. The van der Waals surface area contributed by atoms with E-state index in [4.69, 9.17) is 18.0 Å². The van der Waals surface area contributed by atoms with Crippen molar-refractivity contribution in [3.8, 4) is 0 Å². The van der Waals surface area contributed by atoms with Gasteiger partial charge in [0.05, 0.1) is 4.99 Å². The molecule has 0 aliphatic carbocycles. The minimum atomic E-state index is 0.265. The van der Waals surface area contributed by atoms with Gasteiger partial charge in [0.25, 0.3) is 0 Å². The van der Waals surface area contributed by atoms with E-state index < -0.39 is 0 Å². The van der Waals surface area contributed by atoms with Crippen LogP contribution in [0, 0.1) is 5.92 Å². The molecule has 0 spiro atoms. The second-order valence-electron chi connectivity index (χ2n) is 5.25. The monoisotopic (exact) mass is 264 g/mol. The van der Waals surface area contributed by atoms with E-state index in [9.17, 15) is 0 Å². The van der Waals surface area contributed by atoms with Crippen LogP contribution in [0.2, 0.25) is 0 Å². The number of thiocarbonyl (C=S) groups is 1. The minimum Gasteiger partial charge on any atom is -0.393 e. The molecule has 2 N–H and O–H groups in total. The van der Waals surface area contributed by atoms with Crippen LogP contribution >= 0.6 is 12.2 Å². The molecule has 1 rings (SSSR count). The second kappa shape index (κ2) is 6.86. The van der Waals surface area contributed by atoms with Crippen molar-refractivity contribution in [2.75, 3.05) is 7.05 Å². The Hall–Kier alpha value is -0.930. The standard InChI is InChI=1S/C15H24N2S/c1-11(2)12(3)17(4)14(10-15(16)18)13-8-6-5-7-9-13/h5-9,11-12,14H,10H2,1-4H3,(H2,16,18). The van der Waals surface area contributed by atoms with E-state index in [0.29, 0.717) is 16.9 Å². The summed E-state index contributed by atoms with van der Waals surface area (Å²) in [4.78, 5) is 2.95. The minimum absolute atomic E-state index is 0.265. The highest BCUT2D eigenvalue weighted by molar-refractivity contribution is 7.80. The van der Waals surface area contributed by atoms with Crippen molar-refractivity contribution >= 4 is 17.2 Å². The Bertz CT molecular complexity index is 375. The first-order valence-corrected chi connectivity index (χ1v) is 6.89. The van der Waals surface area contributed by atoms with Gasteiger partial charge in [0.1, 0.15) is 0 Å². The number of hydrogen-bond acceptors (Lipinski definition) is 2. The summed E-state index contributed by atoms with van der Waals surface area (Å²) in [6.45, 7) is 6.73. The van der Waals surface area contributed by atoms with Crippen molar-refractivity contribution < 1.29 is 0 Å². The molecule has 0 saturated heterocycles. The van der Waals surface area contributed by atoms with Crippen LogP contribution in [-0.4, -0.2) is 23.0 Å². The van der Waals surface area contributed by atoms with E-state index >= 15 is 0 Å². The largest absolute Gasteiger partial charge is 0.393 e. The molecular weight excluding hydrogens is 240 g/mol. The van der Waals surface area contributed by atoms with E-state index in [1.165, 1.54) is 5.56 Å². The summed E-state index contributed by atoms with van der Waals surface area (Å²) < 4.78 is 0. The number of benzene rings is 1. The van der Waals surface area contributed by atoms with Gasteiger partial charge in [-0.05, 0) is 25.5 Å². The van der Waals surface area contributed by atoms with Gasteiger partial charge < -0.3 is 5.73 Å². The van der Waals surface area contributed by atoms with Crippen LogP contribution in [0.25, 0.3) is 0 Å². The lowest BCUT2D eigenvalue weighted by Gasteiger charge is -2.35. The first kappa shape index (κ1) is 15.1. The maximum atomic E-state index is 5.75.